The van der Waals surface area contributed by atoms with Crippen molar-refractivity contribution >= 4 is 29.0 Å². The molecule has 0 saturated carbocycles. The molecule has 110 valence electrons. The van der Waals surface area contributed by atoms with Crippen LogP contribution in [0.5, 0.6) is 0 Å². The lowest BCUT2D eigenvalue weighted by molar-refractivity contribution is -0.109. The van der Waals surface area contributed by atoms with Gasteiger partial charge in [-0.2, -0.15) is 0 Å². The first kappa shape index (κ1) is 15.9. The van der Waals surface area contributed by atoms with Crippen LogP contribution in [0.25, 0.3) is 11.3 Å². The van der Waals surface area contributed by atoms with Gasteiger partial charge in [0.1, 0.15) is 3.70 Å². The molecule has 1 N–H and O–H groups in total. The zero-order valence-electron chi connectivity index (χ0n) is 12.4. The fraction of sp³-hybridized carbons (Fsp3) is 0.312. The standard InChI is InChI=1S/C16H18IN3O/c1-16(2,3)12-6-4-11(5-7-12)15-13(8-18-10-21)19-9-14(17)20-15/h4-7,9-10H,8H2,1-3H3,(H,18,21). The van der Waals surface area contributed by atoms with E-state index in [-0.39, 0.29) is 5.41 Å². The van der Waals surface area contributed by atoms with Crippen molar-refractivity contribution in [2.24, 2.45) is 0 Å². The van der Waals surface area contributed by atoms with Crippen molar-refractivity contribution in [1.29, 1.82) is 0 Å². The number of benzene rings is 1. The Labute approximate surface area is 138 Å². The van der Waals surface area contributed by atoms with E-state index in [1.165, 1.54) is 5.56 Å². The third-order valence-corrected chi connectivity index (χ3v) is 3.72. The van der Waals surface area contributed by atoms with Crippen LogP contribution in [0.3, 0.4) is 0 Å². The molecule has 1 amide bonds. The normalized spacial score (nSPS) is 11.2. The predicted molar refractivity (Wildman–Crippen MR) is 91.8 cm³/mol. The van der Waals surface area contributed by atoms with Crippen LogP contribution >= 0.6 is 22.6 Å². The van der Waals surface area contributed by atoms with E-state index in [0.29, 0.717) is 13.0 Å². The van der Waals surface area contributed by atoms with Gasteiger partial charge in [0.05, 0.1) is 24.1 Å². The molecule has 1 aromatic carbocycles. The second-order valence-electron chi connectivity index (χ2n) is 5.81. The summed E-state index contributed by atoms with van der Waals surface area (Å²) in [6.45, 7) is 6.94. The van der Waals surface area contributed by atoms with Crippen LogP contribution in [-0.4, -0.2) is 16.4 Å². The maximum Gasteiger partial charge on any atom is 0.207 e. The number of carbonyl (C=O) groups is 1. The molecule has 0 aliphatic carbocycles. The highest BCUT2D eigenvalue weighted by molar-refractivity contribution is 14.1. The number of hydrogen-bond donors (Lipinski definition) is 1. The average molecular weight is 395 g/mol. The largest absolute Gasteiger partial charge is 0.353 e. The van der Waals surface area contributed by atoms with Crippen LogP contribution in [0.15, 0.2) is 30.5 Å². The minimum atomic E-state index is 0.122. The molecule has 1 heterocycles. The number of nitrogens with zero attached hydrogens (tertiary/aromatic N) is 2. The van der Waals surface area contributed by atoms with Gasteiger partial charge in [-0.25, -0.2) is 4.98 Å². The Morgan fingerprint density at radius 3 is 2.48 bits per heavy atom. The Balaban J connectivity index is 2.40. The van der Waals surface area contributed by atoms with Crippen molar-refractivity contribution < 1.29 is 4.79 Å². The van der Waals surface area contributed by atoms with E-state index in [2.05, 4.69) is 82.9 Å². The third-order valence-electron chi connectivity index (χ3n) is 3.20. The van der Waals surface area contributed by atoms with Crippen LogP contribution in [0.2, 0.25) is 0 Å². The molecule has 2 rings (SSSR count). The van der Waals surface area contributed by atoms with Crippen molar-refractivity contribution in [3.63, 3.8) is 0 Å². The van der Waals surface area contributed by atoms with E-state index in [0.717, 1.165) is 20.7 Å². The first-order valence-electron chi connectivity index (χ1n) is 6.71. The molecule has 0 fully saturated rings. The lowest BCUT2D eigenvalue weighted by atomic mass is 9.86. The second kappa shape index (κ2) is 6.51. The second-order valence-corrected chi connectivity index (χ2v) is 6.92. The van der Waals surface area contributed by atoms with Crippen LogP contribution < -0.4 is 5.32 Å². The molecule has 0 radical (unpaired) electrons. The quantitative estimate of drug-likeness (QED) is 0.639. The zero-order valence-corrected chi connectivity index (χ0v) is 14.5. The summed E-state index contributed by atoms with van der Waals surface area (Å²) in [4.78, 5) is 19.4. The zero-order chi connectivity index (χ0) is 15.5. The maximum atomic E-state index is 10.5. The van der Waals surface area contributed by atoms with Crippen molar-refractivity contribution in [2.75, 3.05) is 0 Å². The lowest BCUT2D eigenvalue weighted by Gasteiger charge is -2.19. The van der Waals surface area contributed by atoms with E-state index in [9.17, 15) is 4.79 Å². The summed E-state index contributed by atoms with van der Waals surface area (Å²) in [6, 6.07) is 8.36. The van der Waals surface area contributed by atoms with Gasteiger partial charge < -0.3 is 5.32 Å². The van der Waals surface area contributed by atoms with Crippen molar-refractivity contribution in [3.05, 3.63) is 45.4 Å². The van der Waals surface area contributed by atoms with Gasteiger partial charge in [0.25, 0.3) is 0 Å². The molecular formula is C16H18IN3O. The molecule has 0 aliphatic rings. The fourth-order valence-corrected chi connectivity index (χ4v) is 2.40. The van der Waals surface area contributed by atoms with E-state index in [1.54, 1.807) is 6.20 Å². The Morgan fingerprint density at radius 2 is 1.90 bits per heavy atom. The fourth-order valence-electron chi connectivity index (χ4n) is 2.02. The van der Waals surface area contributed by atoms with Crippen molar-refractivity contribution in [2.45, 2.75) is 32.7 Å². The summed E-state index contributed by atoms with van der Waals surface area (Å²) in [7, 11) is 0. The van der Waals surface area contributed by atoms with E-state index >= 15 is 0 Å². The molecule has 0 unspecified atom stereocenters. The molecule has 0 spiro atoms. The van der Waals surface area contributed by atoms with Gasteiger partial charge in [-0.05, 0) is 33.6 Å². The highest BCUT2D eigenvalue weighted by Crippen LogP contribution is 2.26. The Hall–Kier alpha value is -1.50. The van der Waals surface area contributed by atoms with Gasteiger partial charge in [-0.3, -0.25) is 9.78 Å². The van der Waals surface area contributed by atoms with Crippen LogP contribution in [0.1, 0.15) is 32.0 Å². The van der Waals surface area contributed by atoms with Gasteiger partial charge in [-0.15, -0.1) is 0 Å². The van der Waals surface area contributed by atoms with Crippen LogP contribution in [0.4, 0.5) is 0 Å². The smallest absolute Gasteiger partial charge is 0.207 e. The predicted octanol–water partition coefficient (Wildman–Crippen LogP) is 3.29. The number of halogens is 1. The Bertz CT molecular complexity index is 633. The highest BCUT2D eigenvalue weighted by Gasteiger charge is 2.14. The van der Waals surface area contributed by atoms with Gasteiger partial charge in [0, 0.05) is 5.56 Å². The minimum absolute atomic E-state index is 0.122. The minimum Gasteiger partial charge on any atom is -0.353 e. The lowest BCUT2D eigenvalue weighted by Crippen LogP contribution is -2.13. The first-order valence-corrected chi connectivity index (χ1v) is 7.79. The SMILES string of the molecule is CC(C)(C)c1ccc(-c2nc(I)cnc2CNC=O)cc1. The Morgan fingerprint density at radius 1 is 1.24 bits per heavy atom. The topological polar surface area (TPSA) is 54.9 Å². The molecule has 2 aromatic rings. The van der Waals surface area contributed by atoms with E-state index in [4.69, 9.17) is 0 Å². The monoisotopic (exact) mass is 395 g/mol. The average Bonchev–Trinajstić information content (AvgIpc) is 2.45. The van der Waals surface area contributed by atoms with Crippen LogP contribution in [-0.2, 0) is 16.8 Å². The summed E-state index contributed by atoms with van der Waals surface area (Å²) in [5.41, 5.74) is 3.99. The van der Waals surface area contributed by atoms with Gasteiger partial charge >= 0.3 is 0 Å². The van der Waals surface area contributed by atoms with Crippen LogP contribution in [0, 0.1) is 3.70 Å². The molecule has 21 heavy (non-hydrogen) atoms. The van der Waals surface area contributed by atoms with Crippen molar-refractivity contribution in [3.8, 4) is 11.3 Å². The number of amides is 1. The first-order chi connectivity index (χ1) is 9.91. The molecule has 1 aromatic heterocycles. The Kier molecular flexibility index (Phi) is 4.92. The van der Waals surface area contributed by atoms with Gasteiger partial charge in [-0.1, -0.05) is 45.0 Å². The van der Waals surface area contributed by atoms with Gasteiger partial charge in [0.2, 0.25) is 6.41 Å². The summed E-state index contributed by atoms with van der Waals surface area (Å²) < 4.78 is 0.831. The number of rotatable bonds is 4. The number of nitrogens with one attached hydrogen (secondary N) is 1. The van der Waals surface area contributed by atoms with E-state index in [1.807, 2.05) is 0 Å². The van der Waals surface area contributed by atoms with Gasteiger partial charge in [0.15, 0.2) is 0 Å². The molecule has 4 nitrogen and oxygen atoms in total. The van der Waals surface area contributed by atoms with E-state index < -0.39 is 0 Å². The molecular weight excluding hydrogens is 377 g/mol. The molecule has 0 atom stereocenters. The number of hydrogen-bond acceptors (Lipinski definition) is 3. The molecule has 0 aliphatic heterocycles. The molecule has 0 saturated heterocycles. The number of carbonyl (C=O) groups excluding carboxylic acids is 1. The summed E-state index contributed by atoms with van der Waals surface area (Å²) >= 11 is 2.14. The van der Waals surface area contributed by atoms with Crippen molar-refractivity contribution in [1.82, 2.24) is 15.3 Å². The summed E-state index contributed by atoms with van der Waals surface area (Å²) in [5.74, 6) is 0. The maximum absolute atomic E-state index is 10.5. The molecule has 5 heteroatoms. The number of aromatic nitrogens is 2. The summed E-state index contributed by atoms with van der Waals surface area (Å²) in [5, 5.41) is 2.64. The highest BCUT2D eigenvalue weighted by atomic mass is 127. The third kappa shape index (κ3) is 4.00. The summed E-state index contributed by atoms with van der Waals surface area (Å²) in [6.07, 6.45) is 2.38. The molecule has 0 bridgehead atoms.